The molecule has 0 aliphatic heterocycles. The van der Waals surface area contributed by atoms with Crippen LogP contribution in [0.1, 0.15) is 64.8 Å². The number of nitrogens with zero attached hydrogens (tertiary/aromatic N) is 1. The molecule has 3 aliphatic carbocycles. The molecule has 2 aromatic rings. The van der Waals surface area contributed by atoms with Crippen LogP contribution >= 0.6 is 0 Å². The third kappa shape index (κ3) is 5.02. The molecule has 0 radical (unpaired) electrons. The van der Waals surface area contributed by atoms with E-state index in [1.165, 1.54) is 12.1 Å². The fourth-order valence-corrected chi connectivity index (χ4v) is 4.94. The Hall–Kier alpha value is -2.71. The van der Waals surface area contributed by atoms with Crippen molar-refractivity contribution in [3.05, 3.63) is 65.2 Å². The highest BCUT2D eigenvalue weighted by Crippen LogP contribution is 2.30. The Labute approximate surface area is 188 Å². The van der Waals surface area contributed by atoms with Crippen LogP contribution in [-0.2, 0) is 16.6 Å². The Balaban J connectivity index is 1.26. The third-order valence-corrected chi connectivity index (χ3v) is 7.58. The molecular formula is C24H27N3O4S. The molecule has 0 spiro atoms. The van der Waals surface area contributed by atoms with Gasteiger partial charge in [-0.3, -0.25) is 9.59 Å². The van der Waals surface area contributed by atoms with Crippen molar-refractivity contribution in [3.63, 3.8) is 0 Å². The van der Waals surface area contributed by atoms with Crippen LogP contribution < -0.4 is 10.0 Å². The van der Waals surface area contributed by atoms with Crippen molar-refractivity contribution in [1.82, 2.24) is 14.9 Å². The number of amides is 2. The first-order chi connectivity index (χ1) is 15.4. The van der Waals surface area contributed by atoms with Gasteiger partial charge in [0.15, 0.2) is 0 Å². The molecular weight excluding hydrogens is 426 g/mol. The molecule has 3 fully saturated rings. The van der Waals surface area contributed by atoms with Crippen LogP contribution in [0.3, 0.4) is 0 Å². The normalized spacial score (nSPS) is 18.2. The molecule has 3 saturated carbocycles. The van der Waals surface area contributed by atoms with Crippen LogP contribution in [0.15, 0.2) is 53.4 Å². The second kappa shape index (κ2) is 8.33. The van der Waals surface area contributed by atoms with Gasteiger partial charge in [-0.2, -0.15) is 0 Å². The summed E-state index contributed by atoms with van der Waals surface area (Å²) in [5.41, 5.74) is 2.06. The first-order valence-corrected chi connectivity index (χ1v) is 12.7. The van der Waals surface area contributed by atoms with Crippen LogP contribution in [0.4, 0.5) is 0 Å². The summed E-state index contributed by atoms with van der Waals surface area (Å²) in [6, 6.07) is 14.1. The minimum Gasteiger partial charge on any atom is -0.349 e. The monoisotopic (exact) mass is 453 g/mol. The molecule has 2 aromatic carbocycles. The summed E-state index contributed by atoms with van der Waals surface area (Å²) < 4.78 is 27.4. The van der Waals surface area contributed by atoms with Crippen LogP contribution in [-0.4, -0.2) is 43.3 Å². The summed E-state index contributed by atoms with van der Waals surface area (Å²) in [6.07, 6.45) is 5.77. The van der Waals surface area contributed by atoms with E-state index in [0.29, 0.717) is 23.7 Å². The highest BCUT2D eigenvalue weighted by molar-refractivity contribution is 7.89. The number of benzene rings is 2. The lowest BCUT2D eigenvalue weighted by molar-refractivity contribution is 0.0729. The summed E-state index contributed by atoms with van der Waals surface area (Å²) in [5, 5.41) is 2.98. The van der Waals surface area contributed by atoms with E-state index in [9.17, 15) is 18.0 Å². The van der Waals surface area contributed by atoms with Crippen molar-refractivity contribution in [3.8, 4) is 0 Å². The molecule has 5 rings (SSSR count). The molecule has 7 nitrogen and oxygen atoms in total. The van der Waals surface area contributed by atoms with E-state index in [1.807, 2.05) is 17.0 Å². The topological polar surface area (TPSA) is 95.6 Å². The number of hydrogen-bond donors (Lipinski definition) is 2. The molecule has 2 N–H and O–H groups in total. The Morgan fingerprint density at radius 1 is 0.812 bits per heavy atom. The van der Waals surface area contributed by atoms with Gasteiger partial charge in [-0.05, 0) is 80.5 Å². The molecule has 0 saturated heterocycles. The number of carbonyl (C=O) groups excluding carboxylic acids is 2. The second-order valence-corrected chi connectivity index (χ2v) is 10.7. The minimum absolute atomic E-state index is 0.0397. The lowest BCUT2D eigenvalue weighted by Gasteiger charge is -2.23. The zero-order chi connectivity index (χ0) is 22.3. The van der Waals surface area contributed by atoms with E-state index in [4.69, 9.17) is 0 Å². The number of nitrogens with one attached hydrogen (secondary N) is 2. The molecule has 0 unspecified atom stereocenters. The fourth-order valence-electron chi connectivity index (χ4n) is 3.64. The minimum atomic E-state index is -3.53. The van der Waals surface area contributed by atoms with Gasteiger partial charge in [-0.1, -0.05) is 12.1 Å². The Bertz CT molecular complexity index is 1120. The molecule has 0 bridgehead atoms. The first kappa shape index (κ1) is 21.2. The number of sulfonamides is 1. The number of hydrogen-bond acceptors (Lipinski definition) is 4. The van der Waals surface area contributed by atoms with Gasteiger partial charge in [0, 0.05) is 35.8 Å². The Kier molecular flexibility index (Phi) is 5.51. The SMILES string of the molecule is O=C(NC1CC1)c1ccc(CN(C(=O)c2ccc(S(=O)(=O)NC3CC3)cc2)C2CC2)cc1. The molecule has 3 aliphatic rings. The largest absolute Gasteiger partial charge is 0.349 e. The molecule has 8 heteroatoms. The highest BCUT2D eigenvalue weighted by atomic mass is 32.2. The average molecular weight is 454 g/mol. The zero-order valence-electron chi connectivity index (χ0n) is 17.8. The van der Waals surface area contributed by atoms with E-state index in [0.717, 1.165) is 44.1 Å². The summed E-state index contributed by atoms with van der Waals surface area (Å²) in [6.45, 7) is 0.456. The van der Waals surface area contributed by atoms with E-state index in [-0.39, 0.29) is 28.8 Å². The van der Waals surface area contributed by atoms with E-state index in [1.54, 1.807) is 24.3 Å². The van der Waals surface area contributed by atoms with Crippen LogP contribution in [0.25, 0.3) is 0 Å². The van der Waals surface area contributed by atoms with Gasteiger partial charge >= 0.3 is 0 Å². The molecule has 0 atom stereocenters. The van der Waals surface area contributed by atoms with Crippen molar-refractivity contribution >= 4 is 21.8 Å². The quantitative estimate of drug-likeness (QED) is 0.610. The molecule has 0 heterocycles. The molecule has 2 amide bonds. The average Bonchev–Trinajstić information content (AvgIpc) is 3.60. The summed E-state index contributed by atoms with van der Waals surface area (Å²) in [5.74, 6) is -0.164. The number of carbonyl (C=O) groups is 2. The fraction of sp³-hybridized carbons (Fsp3) is 0.417. The van der Waals surface area contributed by atoms with Crippen molar-refractivity contribution in [2.45, 2.75) is 68.1 Å². The van der Waals surface area contributed by atoms with Crippen molar-refractivity contribution in [1.29, 1.82) is 0 Å². The Morgan fingerprint density at radius 2 is 1.41 bits per heavy atom. The second-order valence-electron chi connectivity index (χ2n) is 9.03. The lowest BCUT2D eigenvalue weighted by Crippen LogP contribution is -2.32. The van der Waals surface area contributed by atoms with Crippen LogP contribution in [0, 0.1) is 0 Å². The standard InChI is InChI=1S/C24H27N3O4S/c28-23(25-19-7-8-19)17-3-1-16(2-4-17)15-27(21-11-12-21)24(29)18-5-13-22(14-6-18)32(30,31)26-20-9-10-20/h1-6,13-14,19-21,26H,7-12,15H2,(H,25,28). The van der Waals surface area contributed by atoms with E-state index >= 15 is 0 Å². The van der Waals surface area contributed by atoms with Crippen molar-refractivity contribution in [2.24, 2.45) is 0 Å². The smallest absolute Gasteiger partial charge is 0.254 e. The maximum Gasteiger partial charge on any atom is 0.254 e. The number of rotatable bonds is 9. The van der Waals surface area contributed by atoms with Gasteiger partial charge in [0.2, 0.25) is 10.0 Å². The first-order valence-electron chi connectivity index (χ1n) is 11.2. The predicted octanol–water partition coefficient (Wildman–Crippen LogP) is 2.82. The van der Waals surface area contributed by atoms with Crippen LogP contribution in [0.2, 0.25) is 0 Å². The van der Waals surface area contributed by atoms with Gasteiger partial charge in [-0.25, -0.2) is 13.1 Å². The molecule has 32 heavy (non-hydrogen) atoms. The van der Waals surface area contributed by atoms with Gasteiger partial charge in [0.05, 0.1) is 4.90 Å². The van der Waals surface area contributed by atoms with Gasteiger partial charge in [0.1, 0.15) is 0 Å². The van der Waals surface area contributed by atoms with E-state index in [2.05, 4.69) is 10.0 Å². The van der Waals surface area contributed by atoms with Gasteiger partial charge in [-0.15, -0.1) is 0 Å². The zero-order valence-corrected chi connectivity index (χ0v) is 18.6. The maximum atomic E-state index is 13.2. The summed E-state index contributed by atoms with van der Waals surface area (Å²) in [4.78, 5) is 27.4. The van der Waals surface area contributed by atoms with Gasteiger partial charge < -0.3 is 10.2 Å². The summed E-state index contributed by atoms with van der Waals surface area (Å²) >= 11 is 0. The van der Waals surface area contributed by atoms with Crippen molar-refractivity contribution in [2.75, 3.05) is 0 Å². The van der Waals surface area contributed by atoms with E-state index < -0.39 is 10.0 Å². The van der Waals surface area contributed by atoms with Crippen molar-refractivity contribution < 1.29 is 18.0 Å². The lowest BCUT2D eigenvalue weighted by atomic mass is 10.1. The summed E-state index contributed by atoms with van der Waals surface area (Å²) in [7, 11) is -3.53. The van der Waals surface area contributed by atoms with Crippen LogP contribution in [0.5, 0.6) is 0 Å². The molecule has 0 aromatic heterocycles. The maximum absolute atomic E-state index is 13.2. The predicted molar refractivity (Wildman–Crippen MR) is 120 cm³/mol. The molecule has 168 valence electrons. The third-order valence-electron chi connectivity index (χ3n) is 6.04. The Morgan fingerprint density at radius 3 is 1.97 bits per heavy atom. The highest BCUT2D eigenvalue weighted by Gasteiger charge is 2.33. The van der Waals surface area contributed by atoms with Gasteiger partial charge in [0.25, 0.3) is 11.8 Å².